The zero-order chi connectivity index (χ0) is 28.2. The van der Waals surface area contributed by atoms with E-state index in [-0.39, 0.29) is 46.5 Å². The summed E-state index contributed by atoms with van der Waals surface area (Å²) in [5.74, 6) is 2.24. The van der Waals surface area contributed by atoms with Crippen LogP contribution in [0.25, 0.3) is 5.57 Å². The van der Waals surface area contributed by atoms with E-state index < -0.39 is 0 Å². The summed E-state index contributed by atoms with van der Waals surface area (Å²) in [6, 6.07) is 19.2. The fourth-order valence-electron chi connectivity index (χ4n) is 8.24. The summed E-state index contributed by atoms with van der Waals surface area (Å²) in [7, 11) is 0. The molecular formula is C38H48Cl2Hf-2. The molecule has 5 aliphatic rings. The molecule has 0 radical (unpaired) electrons. The van der Waals surface area contributed by atoms with Crippen molar-refractivity contribution < 1.29 is 48.7 Å². The van der Waals surface area contributed by atoms with Gasteiger partial charge < -0.3 is 24.8 Å². The molecular weight excluding hydrogens is 706 g/mol. The summed E-state index contributed by atoms with van der Waals surface area (Å²) in [6.07, 6.45) is 12.9. The molecule has 7 rings (SSSR count). The topological polar surface area (TPSA) is 0 Å². The zero-order valence-corrected chi connectivity index (χ0v) is 31.5. The molecule has 0 bridgehead atoms. The number of fused-ring (bicyclic) bond motifs is 6. The van der Waals surface area contributed by atoms with Crippen molar-refractivity contribution in [3.63, 3.8) is 0 Å². The molecule has 0 saturated heterocycles. The Morgan fingerprint density at radius 1 is 0.878 bits per heavy atom. The first-order valence-electron chi connectivity index (χ1n) is 15.2. The Labute approximate surface area is 277 Å². The largest absolute Gasteiger partial charge is 0.214 e. The standard InChI is InChI=1S/C29H37.C5H5.C4H6.2ClH.Hf/c1-18-25-22-17-19-13-9-10-14-20(19)24(22)21-15-11-12-16-23(21)29(25,8)28(6,7)27(4,5)26(18,2)3;1-2-4-5-3-1;1-2-4-3-1;;;/h9-11,13-15,23H,12,16-17H2,1-8H3;1-5H;1-3H2;2*1H;/q2*-1;;;;+2/p-2. The predicted molar refractivity (Wildman–Crippen MR) is 165 cm³/mol. The van der Waals surface area contributed by atoms with Crippen LogP contribution < -0.4 is 24.8 Å². The van der Waals surface area contributed by atoms with Gasteiger partial charge in [-0.1, -0.05) is 113 Å². The first-order valence-corrected chi connectivity index (χ1v) is 17.0. The van der Waals surface area contributed by atoms with Crippen molar-refractivity contribution in [3.05, 3.63) is 101 Å². The van der Waals surface area contributed by atoms with E-state index in [9.17, 15) is 0 Å². The average molecular weight is 754 g/mol. The van der Waals surface area contributed by atoms with Gasteiger partial charge in [-0.15, -0.1) is 6.92 Å². The molecule has 2 saturated carbocycles. The number of benzene rings is 1. The third-order valence-electron chi connectivity index (χ3n) is 12.3. The maximum absolute atomic E-state index is 2.62. The van der Waals surface area contributed by atoms with Crippen LogP contribution in [0.1, 0.15) is 98.6 Å². The number of hydrogen-bond acceptors (Lipinski definition) is 0. The summed E-state index contributed by atoms with van der Waals surface area (Å²) in [4.78, 5) is 0. The SMILES string of the molecule is C[C-]1C2=C3Cc4ccccc4C3=C3C=CCCC3C2(C)C(C)(C)C(C)(C)C1(C)C.[Cl-].[Cl-].[Hf+2]=[C]1CCC1.c1cc[cH-]c1. The van der Waals surface area contributed by atoms with Crippen molar-refractivity contribution in [1.82, 2.24) is 0 Å². The predicted octanol–water partition coefficient (Wildman–Crippen LogP) is 4.27. The minimum atomic E-state index is 0. The van der Waals surface area contributed by atoms with E-state index in [1.807, 2.05) is 33.6 Å². The number of rotatable bonds is 0. The van der Waals surface area contributed by atoms with Gasteiger partial charge >= 0.3 is 46.4 Å². The van der Waals surface area contributed by atoms with Crippen LogP contribution in [0.5, 0.6) is 0 Å². The summed E-state index contributed by atoms with van der Waals surface area (Å²) in [6.45, 7) is 20.3. The molecule has 0 heterocycles. The van der Waals surface area contributed by atoms with E-state index in [4.69, 9.17) is 0 Å². The van der Waals surface area contributed by atoms with Gasteiger partial charge in [-0.3, -0.25) is 0 Å². The summed E-state index contributed by atoms with van der Waals surface area (Å²) in [5, 5.41) is 0. The van der Waals surface area contributed by atoms with E-state index in [1.165, 1.54) is 67.1 Å². The van der Waals surface area contributed by atoms with Crippen molar-refractivity contribution in [3.8, 4) is 0 Å². The molecule has 2 aromatic rings. The van der Waals surface area contributed by atoms with Crippen LogP contribution in [0.2, 0.25) is 0 Å². The van der Waals surface area contributed by atoms with Gasteiger partial charge in [0.05, 0.1) is 0 Å². The molecule has 220 valence electrons. The Bertz CT molecular complexity index is 1310. The van der Waals surface area contributed by atoms with Crippen molar-refractivity contribution in [2.24, 2.45) is 27.6 Å². The van der Waals surface area contributed by atoms with Gasteiger partial charge in [0.1, 0.15) is 0 Å². The summed E-state index contributed by atoms with van der Waals surface area (Å²) < 4.78 is 1.82. The van der Waals surface area contributed by atoms with E-state index in [1.54, 1.807) is 28.2 Å². The van der Waals surface area contributed by atoms with Crippen LogP contribution in [-0.2, 0) is 30.3 Å². The third-order valence-corrected chi connectivity index (χ3v) is 14.1. The monoisotopic (exact) mass is 754 g/mol. The fraction of sp³-hybridized carbons (Fsp3) is 0.500. The summed E-state index contributed by atoms with van der Waals surface area (Å²) >= 11 is 1.37. The molecule has 0 N–H and O–H groups in total. The maximum atomic E-state index is 2.62. The molecule has 2 fully saturated rings. The van der Waals surface area contributed by atoms with Gasteiger partial charge in [0.25, 0.3) is 0 Å². The molecule has 0 aromatic heterocycles. The zero-order valence-electron chi connectivity index (χ0n) is 26.4. The first-order chi connectivity index (χ1) is 18.4. The van der Waals surface area contributed by atoms with Gasteiger partial charge in [-0.25, -0.2) is 18.1 Å². The third kappa shape index (κ3) is 5.23. The van der Waals surface area contributed by atoms with Gasteiger partial charge in [-0.2, -0.15) is 29.3 Å². The summed E-state index contributed by atoms with van der Waals surface area (Å²) in [5.41, 5.74) is 10.3. The van der Waals surface area contributed by atoms with Crippen molar-refractivity contribution >= 4 is 8.83 Å². The minimum Gasteiger partial charge on any atom is -0.214 e. The van der Waals surface area contributed by atoms with Crippen molar-refractivity contribution in [2.75, 3.05) is 0 Å². The van der Waals surface area contributed by atoms with Crippen LogP contribution >= 0.6 is 0 Å². The van der Waals surface area contributed by atoms with Crippen LogP contribution in [0, 0.1) is 33.5 Å². The Balaban J connectivity index is 0.000000325. The Morgan fingerprint density at radius 3 is 2.02 bits per heavy atom. The molecule has 0 nitrogen and oxygen atoms in total. The second-order valence-corrected chi connectivity index (χ2v) is 16.7. The number of halogens is 2. The van der Waals surface area contributed by atoms with Crippen LogP contribution in [-0.4, -0.2) is 3.26 Å². The molecule has 2 atom stereocenters. The minimum absolute atomic E-state index is 0. The van der Waals surface area contributed by atoms with E-state index in [0.29, 0.717) is 5.92 Å². The van der Waals surface area contributed by atoms with Crippen molar-refractivity contribution in [2.45, 2.75) is 93.9 Å². The van der Waals surface area contributed by atoms with E-state index >= 15 is 0 Å². The molecule has 0 amide bonds. The molecule has 5 aliphatic carbocycles. The molecule has 2 aromatic carbocycles. The maximum Gasteiger partial charge on any atom is -0.172 e. The van der Waals surface area contributed by atoms with Crippen LogP contribution in [0.3, 0.4) is 0 Å². The van der Waals surface area contributed by atoms with Gasteiger partial charge in [0, 0.05) is 0 Å². The van der Waals surface area contributed by atoms with Crippen LogP contribution in [0.15, 0.2) is 83.5 Å². The molecule has 0 aliphatic heterocycles. The normalized spacial score (nSPS) is 27.2. The fourth-order valence-corrected chi connectivity index (χ4v) is 9.51. The van der Waals surface area contributed by atoms with E-state index in [0.717, 1.165) is 6.42 Å². The van der Waals surface area contributed by atoms with Gasteiger partial charge in [-0.05, 0) is 40.6 Å². The Morgan fingerprint density at radius 2 is 1.49 bits per heavy atom. The Kier molecular flexibility index (Phi) is 10.5. The average Bonchev–Trinajstić information content (AvgIpc) is 3.59. The molecule has 41 heavy (non-hydrogen) atoms. The quantitative estimate of drug-likeness (QED) is 0.279. The van der Waals surface area contributed by atoms with Crippen LogP contribution in [0.4, 0.5) is 0 Å². The second-order valence-electron chi connectivity index (χ2n) is 14.2. The van der Waals surface area contributed by atoms with Gasteiger partial charge in [0.15, 0.2) is 0 Å². The smallest absolute Gasteiger partial charge is 0.172 e. The van der Waals surface area contributed by atoms with E-state index in [2.05, 4.69) is 91.8 Å². The second kappa shape index (κ2) is 12.5. The van der Waals surface area contributed by atoms with Crippen molar-refractivity contribution in [1.29, 1.82) is 0 Å². The Hall–Kier alpha value is -1.02. The first kappa shape index (κ1) is 34.5. The number of hydrogen-bond donors (Lipinski definition) is 0. The molecule has 0 spiro atoms. The molecule has 3 heteroatoms. The number of allylic oxidation sites excluding steroid dienone is 6. The van der Waals surface area contributed by atoms with Gasteiger partial charge in [0.2, 0.25) is 0 Å². The molecule has 2 unspecified atom stereocenters.